The third-order valence-electron chi connectivity index (χ3n) is 3.07. The minimum absolute atomic E-state index is 0.445. The SMILES string of the molecule is C[C@H](OC(=O)[C@H](C)OC(=O)[C@H](C)OC(=O)[C@H](C)OC(=O)CCC(=O)O)C(=O)O. The maximum absolute atomic E-state index is 11.8. The van der Waals surface area contributed by atoms with E-state index in [1.165, 1.54) is 0 Å². The summed E-state index contributed by atoms with van der Waals surface area (Å²) in [6.07, 6.45) is -6.70. The van der Waals surface area contributed by atoms with Crippen LogP contribution < -0.4 is 0 Å². The van der Waals surface area contributed by atoms with Crippen LogP contribution in [0.4, 0.5) is 0 Å². The highest BCUT2D eigenvalue weighted by atomic mass is 16.6. The molecule has 4 atom stereocenters. The lowest BCUT2D eigenvalue weighted by atomic mass is 10.3. The number of hydrogen-bond acceptors (Lipinski definition) is 10. The summed E-state index contributed by atoms with van der Waals surface area (Å²) in [4.78, 5) is 67.6. The molecule has 0 aliphatic heterocycles. The van der Waals surface area contributed by atoms with E-state index in [-0.39, 0.29) is 0 Å². The summed E-state index contributed by atoms with van der Waals surface area (Å²) in [6, 6.07) is 0. The van der Waals surface area contributed by atoms with Crippen LogP contribution in [0.1, 0.15) is 40.5 Å². The van der Waals surface area contributed by atoms with E-state index < -0.39 is 73.1 Å². The van der Waals surface area contributed by atoms with Crippen LogP contribution >= 0.6 is 0 Å². The molecule has 0 aliphatic carbocycles. The highest BCUT2D eigenvalue weighted by Crippen LogP contribution is 2.06. The molecular formula is C16H22O12. The minimum atomic E-state index is -1.47. The molecule has 0 aromatic heterocycles. The van der Waals surface area contributed by atoms with Gasteiger partial charge in [0.2, 0.25) is 0 Å². The van der Waals surface area contributed by atoms with Crippen molar-refractivity contribution in [2.75, 3.05) is 0 Å². The van der Waals surface area contributed by atoms with Crippen LogP contribution in [0.2, 0.25) is 0 Å². The van der Waals surface area contributed by atoms with Gasteiger partial charge in [-0.05, 0) is 27.7 Å². The first-order valence-corrected chi connectivity index (χ1v) is 8.10. The maximum atomic E-state index is 11.8. The van der Waals surface area contributed by atoms with Crippen molar-refractivity contribution in [3.63, 3.8) is 0 Å². The van der Waals surface area contributed by atoms with Gasteiger partial charge < -0.3 is 29.2 Å². The number of esters is 4. The molecule has 12 heteroatoms. The second-order valence-electron chi connectivity index (χ2n) is 5.60. The highest BCUT2D eigenvalue weighted by Gasteiger charge is 2.29. The van der Waals surface area contributed by atoms with Crippen LogP contribution in [-0.2, 0) is 47.7 Å². The van der Waals surface area contributed by atoms with Gasteiger partial charge in [-0.1, -0.05) is 0 Å². The van der Waals surface area contributed by atoms with Gasteiger partial charge in [0.05, 0.1) is 12.8 Å². The molecular weight excluding hydrogens is 384 g/mol. The van der Waals surface area contributed by atoms with Crippen molar-refractivity contribution in [1.82, 2.24) is 0 Å². The van der Waals surface area contributed by atoms with Gasteiger partial charge in [0.1, 0.15) is 0 Å². The first kappa shape index (κ1) is 24.8. The Morgan fingerprint density at radius 2 is 0.964 bits per heavy atom. The summed E-state index contributed by atoms with van der Waals surface area (Å²) in [6.45, 7) is 4.54. The molecule has 0 amide bonds. The van der Waals surface area contributed by atoms with E-state index in [2.05, 4.69) is 9.47 Å². The van der Waals surface area contributed by atoms with Crippen LogP contribution in [-0.4, -0.2) is 70.4 Å². The lowest BCUT2D eigenvalue weighted by Crippen LogP contribution is -2.37. The van der Waals surface area contributed by atoms with Gasteiger partial charge in [-0.2, -0.15) is 0 Å². The number of carboxylic acid groups (broad SMARTS) is 2. The van der Waals surface area contributed by atoms with Crippen LogP contribution in [0.3, 0.4) is 0 Å². The Bertz CT molecular complexity index is 625. The molecule has 0 saturated carbocycles. The number of ether oxygens (including phenoxy) is 4. The van der Waals surface area contributed by atoms with Crippen molar-refractivity contribution >= 4 is 35.8 Å². The second kappa shape index (κ2) is 11.5. The van der Waals surface area contributed by atoms with E-state index in [1.807, 2.05) is 0 Å². The Labute approximate surface area is 159 Å². The van der Waals surface area contributed by atoms with E-state index in [9.17, 15) is 28.8 Å². The van der Waals surface area contributed by atoms with E-state index >= 15 is 0 Å². The number of hydrogen-bond donors (Lipinski definition) is 2. The van der Waals surface area contributed by atoms with Gasteiger partial charge in [-0.3, -0.25) is 9.59 Å². The highest BCUT2D eigenvalue weighted by molar-refractivity contribution is 5.85. The van der Waals surface area contributed by atoms with E-state index in [1.54, 1.807) is 0 Å². The molecule has 0 saturated heterocycles. The summed E-state index contributed by atoms with van der Waals surface area (Å²) < 4.78 is 18.7. The zero-order valence-electron chi connectivity index (χ0n) is 15.7. The van der Waals surface area contributed by atoms with E-state index in [0.717, 1.165) is 27.7 Å². The molecule has 0 aromatic carbocycles. The number of carboxylic acids is 2. The molecule has 158 valence electrons. The Morgan fingerprint density at radius 3 is 1.32 bits per heavy atom. The smallest absolute Gasteiger partial charge is 0.347 e. The zero-order chi connectivity index (χ0) is 22.0. The van der Waals surface area contributed by atoms with Gasteiger partial charge in [0.25, 0.3) is 0 Å². The van der Waals surface area contributed by atoms with Crippen molar-refractivity contribution < 1.29 is 57.9 Å². The third kappa shape index (κ3) is 9.50. The first-order chi connectivity index (χ1) is 12.8. The molecule has 0 fully saturated rings. The van der Waals surface area contributed by atoms with Crippen molar-refractivity contribution in [2.24, 2.45) is 0 Å². The Morgan fingerprint density at radius 1 is 0.607 bits per heavy atom. The van der Waals surface area contributed by atoms with Crippen LogP contribution in [0.15, 0.2) is 0 Å². The lowest BCUT2D eigenvalue weighted by molar-refractivity contribution is -0.184. The topological polar surface area (TPSA) is 180 Å². The van der Waals surface area contributed by atoms with Gasteiger partial charge in [-0.25, -0.2) is 19.2 Å². The average Bonchev–Trinajstić information content (AvgIpc) is 2.59. The molecule has 2 N–H and O–H groups in total. The normalized spacial score (nSPS) is 14.6. The fraction of sp³-hybridized carbons (Fsp3) is 0.625. The van der Waals surface area contributed by atoms with Crippen molar-refractivity contribution in [1.29, 1.82) is 0 Å². The first-order valence-electron chi connectivity index (χ1n) is 8.10. The Balaban J connectivity index is 4.49. The fourth-order valence-corrected chi connectivity index (χ4v) is 1.47. The lowest BCUT2D eigenvalue weighted by Gasteiger charge is -2.19. The third-order valence-corrected chi connectivity index (χ3v) is 3.07. The summed E-state index contributed by atoms with van der Waals surface area (Å²) in [5.74, 6) is -6.86. The molecule has 0 rings (SSSR count). The van der Waals surface area contributed by atoms with Gasteiger partial charge in [0, 0.05) is 0 Å². The van der Waals surface area contributed by atoms with Crippen LogP contribution in [0.25, 0.3) is 0 Å². The molecule has 0 unspecified atom stereocenters. The monoisotopic (exact) mass is 406 g/mol. The molecule has 0 spiro atoms. The van der Waals surface area contributed by atoms with Crippen LogP contribution in [0, 0.1) is 0 Å². The van der Waals surface area contributed by atoms with Crippen molar-refractivity contribution in [2.45, 2.75) is 65.0 Å². The Hall–Kier alpha value is -3.18. The molecule has 0 bridgehead atoms. The molecule has 28 heavy (non-hydrogen) atoms. The number of carbonyl (C=O) groups excluding carboxylic acids is 4. The Kier molecular flexibility index (Phi) is 10.2. The predicted octanol–water partition coefficient (Wildman–Crippen LogP) is -0.337. The molecule has 0 heterocycles. The summed E-state index contributed by atoms with van der Waals surface area (Å²) in [5.41, 5.74) is 0. The average molecular weight is 406 g/mol. The van der Waals surface area contributed by atoms with Crippen LogP contribution in [0.5, 0.6) is 0 Å². The van der Waals surface area contributed by atoms with Gasteiger partial charge >= 0.3 is 35.8 Å². The maximum Gasteiger partial charge on any atom is 0.347 e. The molecule has 0 radical (unpaired) electrons. The largest absolute Gasteiger partial charge is 0.481 e. The summed E-state index contributed by atoms with van der Waals surface area (Å²) in [5, 5.41) is 17.1. The molecule has 12 nitrogen and oxygen atoms in total. The summed E-state index contributed by atoms with van der Waals surface area (Å²) >= 11 is 0. The molecule has 0 aliphatic rings. The van der Waals surface area contributed by atoms with E-state index in [0.29, 0.717) is 0 Å². The molecule has 0 aromatic rings. The van der Waals surface area contributed by atoms with Gasteiger partial charge in [-0.15, -0.1) is 0 Å². The fourth-order valence-electron chi connectivity index (χ4n) is 1.47. The van der Waals surface area contributed by atoms with Crippen molar-refractivity contribution in [3.05, 3.63) is 0 Å². The minimum Gasteiger partial charge on any atom is -0.481 e. The van der Waals surface area contributed by atoms with Crippen molar-refractivity contribution in [3.8, 4) is 0 Å². The second-order valence-corrected chi connectivity index (χ2v) is 5.60. The quantitative estimate of drug-likeness (QED) is 0.337. The number of rotatable bonds is 11. The van der Waals surface area contributed by atoms with Gasteiger partial charge in [0.15, 0.2) is 24.4 Å². The summed E-state index contributed by atoms with van der Waals surface area (Å²) in [7, 11) is 0. The number of aliphatic carboxylic acids is 2. The zero-order valence-corrected chi connectivity index (χ0v) is 15.7. The van der Waals surface area contributed by atoms with E-state index in [4.69, 9.17) is 19.7 Å². The standard InChI is InChI=1S/C16H22O12/c1-7(13(20)21)26-15(23)9(3)28-16(24)10(4)27-14(22)8(2)25-12(19)6-5-11(17)18/h7-10H,5-6H2,1-4H3,(H,17,18)(H,20,21)/t7-,8-,9-,10-/m0/s1. The number of carbonyl (C=O) groups is 6. The predicted molar refractivity (Wildman–Crippen MR) is 86.7 cm³/mol.